The highest BCUT2D eigenvalue weighted by Gasteiger charge is 2.36. The van der Waals surface area contributed by atoms with E-state index in [2.05, 4.69) is 5.32 Å². The highest BCUT2D eigenvalue weighted by atomic mass is 16.7. The normalized spacial score (nSPS) is 18.4. The average Bonchev–Trinajstić information content (AvgIpc) is 3.13. The van der Waals surface area contributed by atoms with E-state index in [0.717, 1.165) is 11.3 Å². The number of ether oxygens (including phenoxy) is 2. The number of nitrogens with one attached hydrogen (secondary N) is 2. The topological polar surface area (TPSA) is 117 Å². The minimum Gasteiger partial charge on any atom is -0.454 e. The van der Waals surface area contributed by atoms with Crippen LogP contribution >= 0.6 is 0 Å². The molecule has 0 spiro atoms. The van der Waals surface area contributed by atoms with Gasteiger partial charge in [0.2, 0.25) is 24.5 Å². The largest absolute Gasteiger partial charge is 0.454 e. The monoisotopic (exact) mass is 405 g/mol. The molecule has 1 aromatic carbocycles. The molecule has 0 aromatic heterocycles. The third kappa shape index (κ3) is 4.45. The van der Waals surface area contributed by atoms with E-state index in [-0.39, 0.29) is 30.9 Å². The van der Waals surface area contributed by atoms with Crippen molar-refractivity contribution in [2.24, 2.45) is 11.8 Å². The van der Waals surface area contributed by atoms with Gasteiger partial charge in [0.25, 0.3) is 0 Å². The van der Waals surface area contributed by atoms with Gasteiger partial charge in [0.1, 0.15) is 6.04 Å². The Morgan fingerprint density at radius 2 is 1.97 bits per heavy atom. The molecule has 9 heteroatoms. The number of amides is 3. The van der Waals surface area contributed by atoms with E-state index in [9.17, 15) is 14.4 Å². The summed E-state index contributed by atoms with van der Waals surface area (Å²) in [4.78, 5) is 39.1. The maximum Gasteiger partial charge on any atom is 0.249 e. The van der Waals surface area contributed by atoms with Crippen LogP contribution in [0.3, 0.4) is 0 Å². The fourth-order valence-corrected chi connectivity index (χ4v) is 3.85. The Hall–Kier alpha value is -2.81. The fraction of sp³-hybridized carbons (Fsp3) is 0.550. The molecule has 1 aromatic rings. The molecule has 3 N–H and O–H groups in total. The first-order valence-electron chi connectivity index (χ1n) is 9.81. The number of fused-ring (bicyclic) bond motifs is 2. The summed E-state index contributed by atoms with van der Waals surface area (Å²) < 4.78 is 10.8. The molecule has 2 aliphatic heterocycles. The Balaban J connectivity index is 1.80. The van der Waals surface area contributed by atoms with Crippen LogP contribution in [0.5, 0.6) is 11.5 Å². The van der Waals surface area contributed by atoms with Gasteiger partial charge >= 0.3 is 0 Å². The number of hydrogen-bond acceptors (Lipinski definition) is 6. The molecule has 0 aliphatic carbocycles. The molecular formula is C20H27N3O6. The molecule has 0 bridgehead atoms. The van der Waals surface area contributed by atoms with Gasteiger partial charge in [-0.1, -0.05) is 13.8 Å². The fourth-order valence-electron chi connectivity index (χ4n) is 3.85. The zero-order valence-corrected chi connectivity index (χ0v) is 16.9. The molecule has 0 fully saturated rings. The van der Waals surface area contributed by atoms with Gasteiger partial charge in [0.05, 0.1) is 5.69 Å². The summed E-state index contributed by atoms with van der Waals surface area (Å²) in [5.41, 5.74) is 3.21. The van der Waals surface area contributed by atoms with Gasteiger partial charge < -0.3 is 19.7 Å². The summed E-state index contributed by atoms with van der Waals surface area (Å²) in [5, 5.41) is 11.6. The second-order valence-electron chi connectivity index (χ2n) is 7.75. The number of carbonyl (C=O) groups is 3. The minimum absolute atomic E-state index is 0.141. The SMILES string of the molecule is CCN1C(=O)[C@@H](NC(=O)[C@H](CC(=O)NO)CC(C)C)Cc2cc3c(cc21)OCO3. The predicted molar refractivity (Wildman–Crippen MR) is 104 cm³/mol. The lowest BCUT2D eigenvalue weighted by Crippen LogP contribution is -2.54. The minimum atomic E-state index is -0.734. The summed E-state index contributed by atoms with van der Waals surface area (Å²) in [6.07, 6.45) is 0.648. The van der Waals surface area contributed by atoms with Crippen molar-refractivity contribution in [1.82, 2.24) is 10.8 Å². The Morgan fingerprint density at radius 1 is 1.28 bits per heavy atom. The van der Waals surface area contributed by atoms with Gasteiger partial charge in [0, 0.05) is 31.4 Å². The maximum absolute atomic E-state index is 13.0. The molecular weight excluding hydrogens is 378 g/mol. The van der Waals surface area contributed by atoms with Crippen molar-refractivity contribution in [3.63, 3.8) is 0 Å². The summed E-state index contributed by atoms with van der Waals surface area (Å²) in [7, 11) is 0. The maximum atomic E-state index is 13.0. The standard InChI is InChI=1S/C20H27N3O6/c1-4-23-15-9-17-16(28-10-29-17)7-12(15)6-14(20(23)26)21-19(25)13(5-11(2)3)8-18(24)22-27/h7,9,11,13-14,27H,4-6,8,10H2,1-3H3,(H,21,25)(H,22,24)/t13-,14-/m0/s1. The molecule has 0 saturated heterocycles. The number of carbonyl (C=O) groups excluding carboxylic acids is 3. The predicted octanol–water partition coefficient (Wildman–Crippen LogP) is 1.37. The van der Waals surface area contributed by atoms with Crippen molar-refractivity contribution in [3.8, 4) is 11.5 Å². The molecule has 0 saturated carbocycles. The van der Waals surface area contributed by atoms with Gasteiger partial charge in [-0.15, -0.1) is 0 Å². The van der Waals surface area contributed by atoms with Crippen LogP contribution in [-0.2, 0) is 20.8 Å². The van der Waals surface area contributed by atoms with E-state index in [1.807, 2.05) is 26.8 Å². The molecule has 2 aliphatic rings. The second kappa shape index (κ2) is 8.69. The van der Waals surface area contributed by atoms with Crippen LogP contribution in [0.1, 0.15) is 39.2 Å². The van der Waals surface area contributed by atoms with E-state index >= 15 is 0 Å². The van der Waals surface area contributed by atoms with Gasteiger partial charge in [-0.2, -0.15) is 0 Å². The van der Waals surface area contributed by atoms with Crippen molar-refractivity contribution in [2.75, 3.05) is 18.2 Å². The number of hydrogen-bond donors (Lipinski definition) is 3. The number of benzene rings is 1. The number of anilines is 1. The Kier molecular flexibility index (Phi) is 6.26. The second-order valence-corrected chi connectivity index (χ2v) is 7.75. The molecule has 2 heterocycles. The first-order valence-corrected chi connectivity index (χ1v) is 9.81. The van der Waals surface area contributed by atoms with Crippen LogP contribution in [0.2, 0.25) is 0 Å². The van der Waals surface area contributed by atoms with Crippen LogP contribution < -0.4 is 25.2 Å². The highest BCUT2D eigenvalue weighted by molar-refractivity contribution is 6.02. The number of hydroxylamine groups is 1. The average molecular weight is 405 g/mol. The molecule has 158 valence electrons. The van der Waals surface area contributed by atoms with E-state index in [4.69, 9.17) is 14.7 Å². The zero-order chi connectivity index (χ0) is 21.1. The first kappa shape index (κ1) is 20.9. The first-order chi connectivity index (χ1) is 13.8. The highest BCUT2D eigenvalue weighted by Crippen LogP contribution is 2.40. The molecule has 0 unspecified atom stereocenters. The van der Waals surface area contributed by atoms with Crippen LogP contribution in [0.15, 0.2) is 12.1 Å². The van der Waals surface area contributed by atoms with Crippen molar-refractivity contribution >= 4 is 23.4 Å². The van der Waals surface area contributed by atoms with Crippen LogP contribution in [0.25, 0.3) is 0 Å². The molecule has 0 radical (unpaired) electrons. The zero-order valence-electron chi connectivity index (χ0n) is 16.9. The summed E-state index contributed by atoms with van der Waals surface area (Å²) >= 11 is 0. The van der Waals surface area contributed by atoms with Crippen molar-refractivity contribution in [2.45, 2.75) is 46.1 Å². The summed E-state index contributed by atoms with van der Waals surface area (Å²) in [6, 6.07) is 2.91. The molecule has 3 amide bonds. The Bertz CT molecular complexity index is 810. The quantitative estimate of drug-likeness (QED) is 0.466. The number of rotatable bonds is 7. The third-order valence-corrected chi connectivity index (χ3v) is 5.17. The lowest BCUT2D eigenvalue weighted by Gasteiger charge is -2.34. The number of likely N-dealkylation sites (N-methyl/N-ethyl adjacent to an activating group) is 1. The van der Waals surface area contributed by atoms with Crippen LogP contribution in [0.4, 0.5) is 5.69 Å². The lowest BCUT2D eigenvalue weighted by molar-refractivity contribution is -0.136. The summed E-state index contributed by atoms with van der Waals surface area (Å²) in [5.74, 6) is -0.451. The van der Waals surface area contributed by atoms with Gasteiger partial charge in [-0.05, 0) is 30.9 Å². The van der Waals surface area contributed by atoms with Gasteiger partial charge in [0.15, 0.2) is 11.5 Å². The lowest BCUT2D eigenvalue weighted by atomic mass is 9.91. The van der Waals surface area contributed by atoms with E-state index in [0.29, 0.717) is 30.9 Å². The van der Waals surface area contributed by atoms with Gasteiger partial charge in [-0.3, -0.25) is 19.6 Å². The molecule has 3 rings (SSSR count). The molecule has 2 atom stereocenters. The van der Waals surface area contributed by atoms with Crippen molar-refractivity contribution < 1.29 is 29.1 Å². The molecule has 9 nitrogen and oxygen atoms in total. The van der Waals surface area contributed by atoms with E-state index in [1.54, 1.807) is 16.4 Å². The van der Waals surface area contributed by atoms with Crippen LogP contribution in [-0.4, -0.2) is 42.3 Å². The van der Waals surface area contributed by atoms with E-state index < -0.39 is 17.9 Å². The van der Waals surface area contributed by atoms with Crippen molar-refractivity contribution in [1.29, 1.82) is 0 Å². The number of nitrogens with zero attached hydrogens (tertiary/aromatic N) is 1. The Labute approximate surface area is 169 Å². The smallest absolute Gasteiger partial charge is 0.249 e. The Morgan fingerprint density at radius 3 is 2.59 bits per heavy atom. The van der Waals surface area contributed by atoms with Crippen molar-refractivity contribution in [3.05, 3.63) is 17.7 Å². The van der Waals surface area contributed by atoms with Gasteiger partial charge in [-0.25, -0.2) is 5.48 Å². The molecule has 29 heavy (non-hydrogen) atoms. The van der Waals surface area contributed by atoms with Crippen LogP contribution in [0, 0.1) is 11.8 Å². The third-order valence-electron chi connectivity index (χ3n) is 5.17. The summed E-state index contributed by atoms with van der Waals surface area (Å²) in [6.45, 7) is 6.34. The van der Waals surface area contributed by atoms with E-state index in [1.165, 1.54) is 0 Å².